The molecular weight excluding hydrogens is 201 g/mol. The van der Waals surface area contributed by atoms with Crippen LogP contribution in [0.5, 0.6) is 0 Å². The summed E-state index contributed by atoms with van der Waals surface area (Å²) in [5, 5.41) is 0. The van der Waals surface area contributed by atoms with Crippen molar-refractivity contribution in [3.05, 3.63) is 35.4 Å². The molecule has 1 aliphatic heterocycles. The van der Waals surface area contributed by atoms with Gasteiger partial charge in [-0.1, -0.05) is 38.1 Å². The van der Waals surface area contributed by atoms with E-state index in [1.165, 1.54) is 11.1 Å². The fourth-order valence-corrected chi connectivity index (χ4v) is 2.26. The van der Waals surface area contributed by atoms with Crippen LogP contribution in [0.4, 0.5) is 4.39 Å². The van der Waals surface area contributed by atoms with Crippen LogP contribution in [0.15, 0.2) is 24.3 Å². The Morgan fingerprint density at radius 3 is 2.25 bits per heavy atom. The quantitative estimate of drug-likeness (QED) is 0.756. The Morgan fingerprint density at radius 1 is 1.25 bits per heavy atom. The second-order valence-electron chi connectivity index (χ2n) is 5.45. The lowest BCUT2D eigenvalue weighted by Gasteiger charge is -2.42. The van der Waals surface area contributed by atoms with Crippen molar-refractivity contribution in [3.63, 3.8) is 0 Å². The third-order valence-electron chi connectivity index (χ3n) is 3.16. The Kier molecular flexibility index (Phi) is 3.02. The molecule has 0 amide bonds. The van der Waals surface area contributed by atoms with E-state index in [1.54, 1.807) is 6.92 Å². The van der Waals surface area contributed by atoms with Gasteiger partial charge in [-0.25, -0.2) is 4.39 Å². The van der Waals surface area contributed by atoms with Crippen molar-refractivity contribution in [1.82, 2.24) is 4.90 Å². The molecule has 1 nitrogen and oxygen atoms in total. The number of halogens is 1. The molecule has 0 bridgehead atoms. The third-order valence-corrected chi connectivity index (χ3v) is 3.16. The van der Waals surface area contributed by atoms with Crippen LogP contribution in [0.25, 0.3) is 0 Å². The molecule has 1 saturated heterocycles. The summed E-state index contributed by atoms with van der Waals surface area (Å²) in [5.74, 6) is 0.576. The van der Waals surface area contributed by atoms with E-state index >= 15 is 0 Å². The fourth-order valence-electron chi connectivity index (χ4n) is 2.26. The van der Waals surface area contributed by atoms with Crippen LogP contribution in [0.3, 0.4) is 0 Å². The lowest BCUT2D eigenvalue weighted by atomic mass is 9.97. The van der Waals surface area contributed by atoms with Crippen LogP contribution in [0, 0.1) is 0 Å². The SMILES string of the molecule is CC(C)c1ccc(CN2CC(C)(F)C2)cc1. The highest BCUT2D eigenvalue weighted by molar-refractivity contribution is 5.24. The van der Waals surface area contributed by atoms with Crippen molar-refractivity contribution in [2.45, 2.75) is 38.9 Å². The summed E-state index contributed by atoms with van der Waals surface area (Å²) in [6, 6.07) is 8.66. The van der Waals surface area contributed by atoms with E-state index < -0.39 is 5.67 Å². The number of benzene rings is 1. The predicted octanol–water partition coefficient (Wildman–Crippen LogP) is 3.35. The van der Waals surface area contributed by atoms with Gasteiger partial charge in [0.25, 0.3) is 0 Å². The molecule has 1 aromatic rings. The lowest BCUT2D eigenvalue weighted by molar-refractivity contribution is -0.0225. The minimum atomic E-state index is -0.960. The third kappa shape index (κ3) is 2.62. The first-order valence-electron chi connectivity index (χ1n) is 5.96. The smallest absolute Gasteiger partial charge is 0.133 e. The molecule has 16 heavy (non-hydrogen) atoms. The zero-order chi connectivity index (χ0) is 11.8. The van der Waals surface area contributed by atoms with E-state index in [0.29, 0.717) is 19.0 Å². The summed E-state index contributed by atoms with van der Waals surface area (Å²) < 4.78 is 13.3. The maximum Gasteiger partial charge on any atom is 0.133 e. The molecule has 1 aliphatic rings. The molecular formula is C14H20FN. The molecule has 1 fully saturated rings. The molecule has 0 aromatic heterocycles. The van der Waals surface area contributed by atoms with Gasteiger partial charge in [0.2, 0.25) is 0 Å². The highest BCUT2D eigenvalue weighted by Gasteiger charge is 2.38. The summed E-state index contributed by atoms with van der Waals surface area (Å²) in [7, 11) is 0. The number of hydrogen-bond donors (Lipinski definition) is 0. The molecule has 0 atom stereocenters. The monoisotopic (exact) mass is 221 g/mol. The normalized spacial score (nSPS) is 19.8. The van der Waals surface area contributed by atoms with Crippen LogP contribution in [-0.2, 0) is 6.54 Å². The zero-order valence-electron chi connectivity index (χ0n) is 10.3. The van der Waals surface area contributed by atoms with Crippen molar-refractivity contribution in [3.8, 4) is 0 Å². The minimum absolute atomic E-state index is 0.568. The first-order valence-corrected chi connectivity index (χ1v) is 5.96. The largest absolute Gasteiger partial charge is 0.293 e. The lowest BCUT2D eigenvalue weighted by Crippen LogP contribution is -2.56. The molecule has 1 aromatic carbocycles. The number of nitrogens with zero attached hydrogens (tertiary/aromatic N) is 1. The molecule has 0 radical (unpaired) electrons. The Hall–Kier alpha value is -0.890. The maximum absolute atomic E-state index is 13.3. The van der Waals surface area contributed by atoms with Crippen LogP contribution in [0.2, 0.25) is 0 Å². The van der Waals surface area contributed by atoms with E-state index in [0.717, 1.165) is 6.54 Å². The molecule has 0 aliphatic carbocycles. The maximum atomic E-state index is 13.3. The van der Waals surface area contributed by atoms with Gasteiger partial charge in [0.15, 0.2) is 0 Å². The van der Waals surface area contributed by atoms with E-state index in [2.05, 4.69) is 43.0 Å². The second-order valence-corrected chi connectivity index (χ2v) is 5.45. The number of alkyl halides is 1. The highest BCUT2D eigenvalue weighted by atomic mass is 19.1. The van der Waals surface area contributed by atoms with Crippen molar-refractivity contribution in [2.75, 3.05) is 13.1 Å². The van der Waals surface area contributed by atoms with Gasteiger partial charge in [-0.2, -0.15) is 0 Å². The molecule has 2 heteroatoms. The van der Waals surface area contributed by atoms with Gasteiger partial charge in [-0.15, -0.1) is 0 Å². The van der Waals surface area contributed by atoms with Gasteiger partial charge < -0.3 is 0 Å². The summed E-state index contributed by atoms with van der Waals surface area (Å²) in [6.07, 6.45) is 0. The summed E-state index contributed by atoms with van der Waals surface area (Å²) in [5.41, 5.74) is 1.68. The molecule has 2 rings (SSSR count). The average Bonchev–Trinajstić information content (AvgIpc) is 2.15. The molecule has 0 spiro atoms. The van der Waals surface area contributed by atoms with Gasteiger partial charge in [0, 0.05) is 19.6 Å². The van der Waals surface area contributed by atoms with Crippen molar-refractivity contribution in [2.24, 2.45) is 0 Å². The number of likely N-dealkylation sites (tertiary alicyclic amines) is 1. The molecule has 0 saturated carbocycles. The van der Waals surface area contributed by atoms with E-state index in [1.807, 2.05) is 0 Å². The van der Waals surface area contributed by atoms with Gasteiger partial charge in [-0.3, -0.25) is 4.90 Å². The van der Waals surface area contributed by atoms with E-state index in [9.17, 15) is 4.39 Å². The first kappa shape index (κ1) is 11.6. The second kappa shape index (κ2) is 4.17. The van der Waals surface area contributed by atoms with Crippen LogP contribution < -0.4 is 0 Å². The fraction of sp³-hybridized carbons (Fsp3) is 0.571. The van der Waals surface area contributed by atoms with Gasteiger partial charge in [0.05, 0.1) is 0 Å². The number of hydrogen-bond acceptors (Lipinski definition) is 1. The topological polar surface area (TPSA) is 3.24 Å². The Morgan fingerprint density at radius 2 is 1.81 bits per heavy atom. The average molecular weight is 221 g/mol. The summed E-state index contributed by atoms with van der Waals surface area (Å²) in [6.45, 7) is 8.07. The van der Waals surface area contributed by atoms with Crippen molar-refractivity contribution < 1.29 is 4.39 Å². The van der Waals surface area contributed by atoms with E-state index in [4.69, 9.17) is 0 Å². The van der Waals surface area contributed by atoms with Crippen LogP contribution in [-0.4, -0.2) is 23.7 Å². The van der Waals surface area contributed by atoms with Gasteiger partial charge in [-0.05, 0) is 24.0 Å². The Labute approximate surface area is 97.3 Å². The van der Waals surface area contributed by atoms with Crippen LogP contribution >= 0.6 is 0 Å². The summed E-state index contributed by atoms with van der Waals surface area (Å²) in [4.78, 5) is 2.14. The first-order chi connectivity index (χ1) is 7.46. The van der Waals surface area contributed by atoms with Gasteiger partial charge in [0.1, 0.15) is 5.67 Å². The zero-order valence-corrected chi connectivity index (χ0v) is 10.3. The Bertz CT molecular complexity index is 346. The summed E-state index contributed by atoms with van der Waals surface area (Å²) >= 11 is 0. The van der Waals surface area contributed by atoms with Crippen molar-refractivity contribution in [1.29, 1.82) is 0 Å². The molecule has 1 heterocycles. The predicted molar refractivity (Wildman–Crippen MR) is 65.3 cm³/mol. The Balaban J connectivity index is 1.91. The van der Waals surface area contributed by atoms with Crippen LogP contribution in [0.1, 0.15) is 37.8 Å². The molecule has 0 N–H and O–H groups in total. The van der Waals surface area contributed by atoms with Gasteiger partial charge >= 0.3 is 0 Å². The standard InChI is InChI=1S/C14H20FN/c1-11(2)13-6-4-12(5-7-13)8-16-9-14(3,15)10-16/h4-7,11H,8-10H2,1-3H3. The van der Waals surface area contributed by atoms with Crippen molar-refractivity contribution >= 4 is 0 Å². The highest BCUT2D eigenvalue weighted by Crippen LogP contribution is 2.26. The molecule has 0 unspecified atom stereocenters. The minimum Gasteiger partial charge on any atom is -0.293 e. The number of rotatable bonds is 3. The van der Waals surface area contributed by atoms with E-state index in [-0.39, 0.29) is 0 Å². The molecule has 88 valence electrons.